The highest BCUT2D eigenvalue weighted by molar-refractivity contribution is 6.31. The van der Waals surface area contributed by atoms with Gasteiger partial charge in [0.2, 0.25) is 0 Å². The highest BCUT2D eigenvalue weighted by Crippen LogP contribution is 2.16. The highest BCUT2D eigenvalue weighted by Gasteiger charge is 1.98. The zero-order valence-corrected chi connectivity index (χ0v) is 8.18. The van der Waals surface area contributed by atoms with Crippen LogP contribution in [0, 0.1) is 0 Å². The van der Waals surface area contributed by atoms with E-state index in [-0.39, 0.29) is 0 Å². The molecule has 1 aromatic carbocycles. The summed E-state index contributed by atoms with van der Waals surface area (Å²) < 4.78 is 0. The fourth-order valence-electron chi connectivity index (χ4n) is 1.11. The number of aromatic nitrogens is 2. The molecule has 0 aliphatic carbocycles. The van der Waals surface area contributed by atoms with E-state index in [1.807, 2.05) is 12.1 Å². The van der Waals surface area contributed by atoms with Gasteiger partial charge in [-0.3, -0.25) is 0 Å². The lowest BCUT2D eigenvalue weighted by Crippen LogP contribution is -1.90. The molecule has 1 heterocycles. The van der Waals surface area contributed by atoms with E-state index in [9.17, 15) is 0 Å². The smallest absolute Gasteiger partial charge is 0.143 e. The molecule has 2 nitrogen and oxygen atoms in total. The summed E-state index contributed by atoms with van der Waals surface area (Å²) in [4.78, 5) is 8.30. The highest BCUT2D eigenvalue weighted by atomic mass is 35.5. The van der Waals surface area contributed by atoms with Gasteiger partial charge in [0.25, 0.3) is 0 Å². The molecule has 0 atom stereocenters. The molecule has 0 aliphatic rings. The van der Waals surface area contributed by atoms with Gasteiger partial charge in [0.15, 0.2) is 0 Å². The number of rotatable bonds is 1. The second-order valence-corrected chi connectivity index (χ2v) is 3.33. The predicted molar refractivity (Wildman–Crippen MR) is 54.1 cm³/mol. The Bertz CT molecular complexity index is 443. The van der Waals surface area contributed by atoms with Crippen molar-refractivity contribution in [2.24, 2.45) is 0 Å². The average Bonchev–Trinajstić information content (AvgIpc) is 2.17. The molecule has 0 unspecified atom stereocenters. The summed E-state index contributed by atoms with van der Waals surface area (Å²) in [7, 11) is 0. The molecule has 0 saturated carbocycles. The van der Waals surface area contributed by atoms with E-state index in [4.69, 9.17) is 23.2 Å². The SMILES string of the molecule is ClCc1ncc2cc(Cl)ccc2n1. The van der Waals surface area contributed by atoms with Crippen molar-refractivity contribution in [2.75, 3.05) is 0 Å². The van der Waals surface area contributed by atoms with Crippen molar-refractivity contribution in [3.8, 4) is 0 Å². The van der Waals surface area contributed by atoms with Crippen molar-refractivity contribution in [3.63, 3.8) is 0 Å². The Kier molecular flexibility index (Phi) is 2.34. The van der Waals surface area contributed by atoms with Crippen LogP contribution in [0.2, 0.25) is 5.02 Å². The Balaban J connectivity index is 2.66. The molecular formula is C9H6Cl2N2. The molecule has 0 N–H and O–H groups in total. The number of hydrogen-bond acceptors (Lipinski definition) is 2. The van der Waals surface area contributed by atoms with Crippen molar-refractivity contribution in [1.82, 2.24) is 9.97 Å². The zero-order chi connectivity index (χ0) is 9.26. The fourth-order valence-corrected chi connectivity index (χ4v) is 1.42. The van der Waals surface area contributed by atoms with E-state index in [0.29, 0.717) is 16.7 Å². The molecular weight excluding hydrogens is 207 g/mol. The predicted octanol–water partition coefficient (Wildman–Crippen LogP) is 3.02. The summed E-state index contributed by atoms with van der Waals surface area (Å²) in [5.74, 6) is 0.968. The van der Waals surface area contributed by atoms with Crippen LogP contribution in [0.3, 0.4) is 0 Å². The van der Waals surface area contributed by atoms with Gasteiger partial charge < -0.3 is 0 Å². The van der Waals surface area contributed by atoms with Gasteiger partial charge in [-0.05, 0) is 18.2 Å². The van der Waals surface area contributed by atoms with Crippen LogP contribution in [0.4, 0.5) is 0 Å². The number of alkyl halides is 1. The molecule has 1 aromatic heterocycles. The van der Waals surface area contributed by atoms with Crippen LogP contribution in [0.5, 0.6) is 0 Å². The van der Waals surface area contributed by atoms with Crippen LogP contribution < -0.4 is 0 Å². The van der Waals surface area contributed by atoms with Gasteiger partial charge in [0.1, 0.15) is 5.82 Å². The van der Waals surface area contributed by atoms with E-state index < -0.39 is 0 Å². The summed E-state index contributed by atoms with van der Waals surface area (Å²) in [6.45, 7) is 0. The summed E-state index contributed by atoms with van der Waals surface area (Å²) in [6, 6.07) is 5.49. The Morgan fingerprint density at radius 2 is 2.15 bits per heavy atom. The van der Waals surface area contributed by atoms with E-state index in [0.717, 1.165) is 10.9 Å². The van der Waals surface area contributed by atoms with E-state index in [1.54, 1.807) is 12.3 Å². The molecule has 0 fully saturated rings. The van der Waals surface area contributed by atoms with Crippen molar-refractivity contribution in [2.45, 2.75) is 5.88 Å². The third-order valence-electron chi connectivity index (χ3n) is 1.71. The van der Waals surface area contributed by atoms with Crippen LogP contribution in [0.25, 0.3) is 10.9 Å². The molecule has 0 aliphatic heterocycles. The van der Waals surface area contributed by atoms with Crippen LogP contribution >= 0.6 is 23.2 Å². The minimum absolute atomic E-state index is 0.332. The van der Waals surface area contributed by atoms with Crippen molar-refractivity contribution >= 4 is 34.1 Å². The van der Waals surface area contributed by atoms with E-state index in [1.165, 1.54) is 0 Å². The number of nitrogens with zero attached hydrogens (tertiary/aromatic N) is 2. The van der Waals surface area contributed by atoms with Gasteiger partial charge in [-0.2, -0.15) is 0 Å². The maximum atomic E-state index is 5.81. The normalized spacial score (nSPS) is 10.6. The van der Waals surface area contributed by atoms with E-state index in [2.05, 4.69) is 9.97 Å². The van der Waals surface area contributed by atoms with Crippen molar-refractivity contribution < 1.29 is 0 Å². The minimum atomic E-state index is 0.332. The summed E-state index contributed by atoms with van der Waals surface area (Å²) >= 11 is 11.4. The average molecular weight is 213 g/mol. The third-order valence-corrected chi connectivity index (χ3v) is 2.19. The standard InChI is InChI=1S/C9H6Cl2N2/c10-4-9-12-5-6-3-7(11)1-2-8(6)13-9/h1-3,5H,4H2. The van der Waals surface area contributed by atoms with Crippen LogP contribution in [-0.4, -0.2) is 9.97 Å². The molecule has 4 heteroatoms. The van der Waals surface area contributed by atoms with Crippen LogP contribution in [0.15, 0.2) is 24.4 Å². The second-order valence-electron chi connectivity index (χ2n) is 2.62. The molecule has 2 rings (SSSR count). The van der Waals surface area contributed by atoms with Crippen LogP contribution in [-0.2, 0) is 5.88 Å². The lowest BCUT2D eigenvalue weighted by atomic mass is 10.2. The lowest BCUT2D eigenvalue weighted by Gasteiger charge is -1.98. The topological polar surface area (TPSA) is 25.8 Å². The van der Waals surface area contributed by atoms with Gasteiger partial charge in [0.05, 0.1) is 11.4 Å². The summed E-state index contributed by atoms with van der Waals surface area (Å²) in [5.41, 5.74) is 0.870. The maximum Gasteiger partial charge on any atom is 0.143 e. The first-order valence-corrected chi connectivity index (χ1v) is 4.68. The first-order chi connectivity index (χ1) is 6.29. The Morgan fingerprint density at radius 3 is 2.92 bits per heavy atom. The molecule has 66 valence electrons. The fraction of sp³-hybridized carbons (Fsp3) is 0.111. The molecule has 2 aromatic rings. The Labute approximate surface area is 85.5 Å². The quantitative estimate of drug-likeness (QED) is 0.680. The minimum Gasteiger partial charge on any atom is -0.239 e. The summed E-state index contributed by atoms with van der Waals surface area (Å²) in [5, 5.41) is 1.62. The van der Waals surface area contributed by atoms with Gasteiger partial charge in [-0.1, -0.05) is 11.6 Å². The number of hydrogen-bond donors (Lipinski definition) is 0. The number of halogens is 2. The summed E-state index contributed by atoms with van der Waals surface area (Å²) in [6.07, 6.45) is 1.73. The monoisotopic (exact) mass is 212 g/mol. The number of benzene rings is 1. The van der Waals surface area contributed by atoms with E-state index >= 15 is 0 Å². The van der Waals surface area contributed by atoms with Gasteiger partial charge in [-0.15, -0.1) is 11.6 Å². The second kappa shape index (κ2) is 3.48. The van der Waals surface area contributed by atoms with Crippen molar-refractivity contribution in [1.29, 1.82) is 0 Å². The largest absolute Gasteiger partial charge is 0.239 e. The van der Waals surface area contributed by atoms with Crippen LogP contribution in [0.1, 0.15) is 5.82 Å². The maximum absolute atomic E-state index is 5.81. The Hall–Kier alpha value is -0.860. The lowest BCUT2D eigenvalue weighted by molar-refractivity contribution is 1.06. The van der Waals surface area contributed by atoms with Gasteiger partial charge in [-0.25, -0.2) is 9.97 Å². The van der Waals surface area contributed by atoms with Gasteiger partial charge >= 0.3 is 0 Å². The molecule has 0 amide bonds. The third kappa shape index (κ3) is 1.74. The molecule has 0 spiro atoms. The molecule has 0 bridgehead atoms. The molecule has 0 saturated heterocycles. The Morgan fingerprint density at radius 1 is 1.31 bits per heavy atom. The van der Waals surface area contributed by atoms with Crippen molar-refractivity contribution in [3.05, 3.63) is 35.2 Å². The number of fused-ring (bicyclic) bond motifs is 1. The molecule has 13 heavy (non-hydrogen) atoms. The first kappa shape index (κ1) is 8.73. The zero-order valence-electron chi connectivity index (χ0n) is 6.67. The molecule has 0 radical (unpaired) electrons. The van der Waals surface area contributed by atoms with Gasteiger partial charge in [0, 0.05) is 16.6 Å². The first-order valence-electron chi connectivity index (χ1n) is 3.77.